The lowest BCUT2D eigenvalue weighted by Crippen LogP contribution is -2.11. The lowest BCUT2D eigenvalue weighted by molar-refractivity contribution is 0.103. The number of rotatable bonds is 3. The van der Waals surface area contributed by atoms with Gasteiger partial charge in [0.2, 0.25) is 0 Å². The van der Waals surface area contributed by atoms with Crippen molar-refractivity contribution in [1.29, 1.82) is 0 Å². The first-order valence-corrected chi connectivity index (χ1v) is 7.68. The SMILES string of the molecule is Cc1cc(C)cc(NC(=O)c2snnc2-c2ccccc2)c1. The average molecular weight is 309 g/mol. The number of hydrogen-bond acceptors (Lipinski definition) is 4. The zero-order chi connectivity index (χ0) is 15.5. The normalized spacial score (nSPS) is 10.5. The number of amides is 1. The average Bonchev–Trinajstić information content (AvgIpc) is 2.96. The van der Waals surface area contributed by atoms with Crippen LogP contribution in [-0.4, -0.2) is 15.5 Å². The molecular weight excluding hydrogens is 294 g/mol. The van der Waals surface area contributed by atoms with E-state index in [-0.39, 0.29) is 5.91 Å². The van der Waals surface area contributed by atoms with Gasteiger partial charge in [-0.3, -0.25) is 4.79 Å². The fourth-order valence-electron chi connectivity index (χ4n) is 2.36. The molecule has 0 spiro atoms. The second-order valence-corrected chi connectivity index (χ2v) is 5.90. The lowest BCUT2D eigenvalue weighted by Gasteiger charge is -2.07. The van der Waals surface area contributed by atoms with Crippen LogP contribution in [0.5, 0.6) is 0 Å². The molecule has 0 unspecified atom stereocenters. The maximum atomic E-state index is 12.5. The first kappa shape index (κ1) is 14.4. The molecule has 0 atom stereocenters. The molecular formula is C17H15N3OS. The Morgan fingerprint density at radius 2 is 1.73 bits per heavy atom. The summed E-state index contributed by atoms with van der Waals surface area (Å²) in [5.74, 6) is -0.182. The maximum absolute atomic E-state index is 12.5. The Bertz CT molecular complexity index is 792. The largest absolute Gasteiger partial charge is 0.321 e. The number of benzene rings is 2. The van der Waals surface area contributed by atoms with Crippen molar-refractivity contribution in [3.8, 4) is 11.3 Å². The van der Waals surface area contributed by atoms with E-state index in [1.54, 1.807) is 0 Å². The van der Waals surface area contributed by atoms with Crippen LogP contribution in [0.3, 0.4) is 0 Å². The first-order valence-electron chi connectivity index (χ1n) is 6.91. The first-order chi connectivity index (χ1) is 10.6. The Morgan fingerprint density at radius 3 is 2.41 bits per heavy atom. The van der Waals surface area contributed by atoms with Gasteiger partial charge in [-0.25, -0.2) is 0 Å². The van der Waals surface area contributed by atoms with E-state index in [1.807, 2.05) is 56.3 Å². The Balaban J connectivity index is 1.89. The van der Waals surface area contributed by atoms with Crippen LogP contribution in [0.15, 0.2) is 48.5 Å². The molecule has 1 heterocycles. The fraction of sp³-hybridized carbons (Fsp3) is 0.118. The second kappa shape index (κ2) is 6.07. The maximum Gasteiger partial charge on any atom is 0.269 e. The van der Waals surface area contributed by atoms with E-state index in [0.717, 1.165) is 33.9 Å². The highest BCUT2D eigenvalue weighted by Gasteiger charge is 2.17. The van der Waals surface area contributed by atoms with E-state index < -0.39 is 0 Å². The highest BCUT2D eigenvalue weighted by Crippen LogP contribution is 2.25. The molecule has 110 valence electrons. The minimum atomic E-state index is -0.182. The van der Waals surface area contributed by atoms with E-state index in [0.29, 0.717) is 10.6 Å². The van der Waals surface area contributed by atoms with Gasteiger partial charge in [0, 0.05) is 11.3 Å². The number of aromatic nitrogens is 2. The van der Waals surface area contributed by atoms with E-state index in [2.05, 4.69) is 21.0 Å². The molecule has 1 N–H and O–H groups in total. The standard InChI is InChI=1S/C17H15N3OS/c1-11-8-12(2)10-14(9-11)18-17(21)16-15(19-20-22-16)13-6-4-3-5-7-13/h3-10H,1-2H3,(H,18,21). The van der Waals surface area contributed by atoms with Crippen LogP contribution in [-0.2, 0) is 0 Å². The third-order valence-electron chi connectivity index (χ3n) is 3.22. The van der Waals surface area contributed by atoms with Gasteiger partial charge in [0.15, 0.2) is 0 Å². The summed E-state index contributed by atoms with van der Waals surface area (Å²) in [6, 6.07) is 15.6. The van der Waals surface area contributed by atoms with Crippen LogP contribution in [0, 0.1) is 13.8 Å². The van der Waals surface area contributed by atoms with Crippen molar-refractivity contribution in [3.05, 3.63) is 64.5 Å². The number of carbonyl (C=O) groups is 1. The topological polar surface area (TPSA) is 54.9 Å². The third kappa shape index (κ3) is 3.04. The molecule has 0 fully saturated rings. The van der Waals surface area contributed by atoms with Crippen molar-refractivity contribution in [2.75, 3.05) is 5.32 Å². The lowest BCUT2D eigenvalue weighted by atomic mass is 10.1. The summed E-state index contributed by atoms with van der Waals surface area (Å²) in [5, 5.41) is 7.02. The van der Waals surface area contributed by atoms with Crippen LogP contribution >= 0.6 is 11.5 Å². The van der Waals surface area contributed by atoms with Gasteiger partial charge in [0.1, 0.15) is 10.6 Å². The Morgan fingerprint density at radius 1 is 1.05 bits per heavy atom. The summed E-state index contributed by atoms with van der Waals surface area (Å²) in [7, 11) is 0. The van der Waals surface area contributed by atoms with Crippen LogP contribution < -0.4 is 5.32 Å². The summed E-state index contributed by atoms with van der Waals surface area (Å²) in [6.07, 6.45) is 0. The zero-order valence-corrected chi connectivity index (χ0v) is 13.1. The highest BCUT2D eigenvalue weighted by atomic mass is 32.1. The van der Waals surface area contributed by atoms with Crippen molar-refractivity contribution in [3.63, 3.8) is 0 Å². The molecule has 2 aromatic carbocycles. The third-order valence-corrected chi connectivity index (χ3v) is 3.95. The summed E-state index contributed by atoms with van der Waals surface area (Å²) in [4.78, 5) is 13.0. The minimum Gasteiger partial charge on any atom is -0.321 e. The zero-order valence-electron chi connectivity index (χ0n) is 12.3. The molecule has 0 aliphatic carbocycles. The summed E-state index contributed by atoms with van der Waals surface area (Å²) in [5.41, 5.74) is 4.52. The fourth-order valence-corrected chi connectivity index (χ4v) is 2.94. The number of nitrogens with one attached hydrogen (secondary N) is 1. The summed E-state index contributed by atoms with van der Waals surface area (Å²) >= 11 is 1.11. The van der Waals surface area contributed by atoms with Gasteiger partial charge in [-0.05, 0) is 48.6 Å². The van der Waals surface area contributed by atoms with Gasteiger partial charge in [-0.1, -0.05) is 40.9 Å². The molecule has 0 bridgehead atoms. The van der Waals surface area contributed by atoms with E-state index in [9.17, 15) is 4.79 Å². The predicted octanol–water partition coefficient (Wildman–Crippen LogP) is 4.07. The Hall–Kier alpha value is -2.53. The van der Waals surface area contributed by atoms with Gasteiger partial charge in [0.25, 0.3) is 5.91 Å². The Kier molecular flexibility index (Phi) is 3.98. The molecule has 5 heteroatoms. The monoisotopic (exact) mass is 309 g/mol. The molecule has 0 aliphatic rings. The molecule has 0 aliphatic heterocycles. The van der Waals surface area contributed by atoms with E-state index >= 15 is 0 Å². The number of aryl methyl sites for hydroxylation is 2. The number of nitrogens with zero attached hydrogens (tertiary/aromatic N) is 2. The van der Waals surface area contributed by atoms with Gasteiger partial charge < -0.3 is 5.32 Å². The molecule has 3 rings (SSSR count). The van der Waals surface area contributed by atoms with Crippen molar-refractivity contribution < 1.29 is 4.79 Å². The van der Waals surface area contributed by atoms with E-state index in [4.69, 9.17) is 0 Å². The molecule has 1 aromatic heterocycles. The van der Waals surface area contributed by atoms with Crippen molar-refractivity contribution >= 4 is 23.1 Å². The van der Waals surface area contributed by atoms with Gasteiger partial charge in [-0.15, -0.1) is 5.10 Å². The number of anilines is 1. The summed E-state index contributed by atoms with van der Waals surface area (Å²) in [6.45, 7) is 4.01. The van der Waals surface area contributed by atoms with Crippen molar-refractivity contribution in [2.45, 2.75) is 13.8 Å². The molecule has 22 heavy (non-hydrogen) atoms. The minimum absolute atomic E-state index is 0.182. The van der Waals surface area contributed by atoms with Gasteiger partial charge in [-0.2, -0.15) is 0 Å². The molecule has 1 amide bonds. The molecule has 0 radical (unpaired) electrons. The van der Waals surface area contributed by atoms with E-state index in [1.165, 1.54) is 0 Å². The van der Waals surface area contributed by atoms with Crippen LogP contribution in [0.25, 0.3) is 11.3 Å². The van der Waals surface area contributed by atoms with Crippen LogP contribution in [0.1, 0.15) is 20.8 Å². The molecule has 4 nitrogen and oxygen atoms in total. The molecule has 3 aromatic rings. The molecule has 0 saturated heterocycles. The molecule has 0 saturated carbocycles. The van der Waals surface area contributed by atoms with Crippen molar-refractivity contribution in [2.24, 2.45) is 0 Å². The Labute approximate surface area is 133 Å². The predicted molar refractivity (Wildman–Crippen MR) is 89.2 cm³/mol. The van der Waals surface area contributed by atoms with Gasteiger partial charge >= 0.3 is 0 Å². The smallest absolute Gasteiger partial charge is 0.269 e. The second-order valence-electron chi connectivity index (χ2n) is 5.15. The van der Waals surface area contributed by atoms with Crippen LogP contribution in [0.2, 0.25) is 0 Å². The summed E-state index contributed by atoms with van der Waals surface area (Å²) < 4.78 is 3.93. The quantitative estimate of drug-likeness (QED) is 0.793. The van der Waals surface area contributed by atoms with Gasteiger partial charge in [0.05, 0.1) is 0 Å². The van der Waals surface area contributed by atoms with Crippen LogP contribution in [0.4, 0.5) is 5.69 Å². The number of hydrogen-bond donors (Lipinski definition) is 1. The highest BCUT2D eigenvalue weighted by molar-refractivity contribution is 7.08. The number of carbonyl (C=O) groups excluding carboxylic acids is 1. The van der Waals surface area contributed by atoms with Crippen molar-refractivity contribution in [1.82, 2.24) is 9.59 Å².